The van der Waals surface area contributed by atoms with Crippen LogP contribution in [0.1, 0.15) is 44.1 Å². The third kappa shape index (κ3) is 4.20. The Morgan fingerprint density at radius 3 is 2.57 bits per heavy atom. The van der Waals surface area contributed by atoms with Crippen molar-refractivity contribution in [3.8, 4) is 0 Å². The Kier molecular flexibility index (Phi) is 4.27. The van der Waals surface area contributed by atoms with Crippen molar-refractivity contribution in [3.05, 3.63) is 17.0 Å². The van der Waals surface area contributed by atoms with E-state index in [1.165, 1.54) is 11.3 Å². The Labute approximate surface area is 126 Å². The van der Waals surface area contributed by atoms with Gasteiger partial charge in [0.2, 0.25) is 0 Å². The molecular formula is C15H26N4O2. The molecule has 6 heteroatoms. The van der Waals surface area contributed by atoms with E-state index in [0.717, 1.165) is 18.7 Å². The molecule has 2 atom stereocenters. The molecule has 2 unspecified atom stereocenters. The summed E-state index contributed by atoms with van der Waals surface area (Å²) in [5.74, 6) is 0. The maximum atomic E-state index is 11.7. The maximum absolute atomic E-state index is 11.7. The highest BCUT2D eigenvalue weighted by molar-refractivity contribution is 5.68. The summed E-state index contributed by atoms with van der Waals surface area (Å²) in [4.78, 5) is 11.7. The summed E-state index contributed by atoms with van der Waals surface area (Å²) < 4.78 is 7.15. The smallest absolute Gasteiger partial charge is 0.407 e. The number of carbonyl (C=O) groups is 1. The molecule has 2 rings (SSSR count). The fourth-order valence-corrected chi connectivity index (χ4v) is 2.35. The third-order valence-corrected chi connectivity index (χ3v) is 3.69. The summed E-state index contributed by atoms with van der Waals surface area (Å²) in [6, 6.07) is 0.480. The molecule has 1 aliphatic carbocycles. The predicted molar refractivity (Wildman–Crippen MR) is 81.1 cm³/mol. The number of amides is 1. The van der Waals surface area contributed by atoms with Gasteiger partial charge in [-0.3, -0.25) is 4.68 Å². The quantitative estimate of drug-likeness (QED) is 0.888. The predicted octanol–water partition coefficient (Wildman–Crippen LogP) is 1.79. The van der Waals surface area contributed by atoms with Crippen molar-refractivity contribution >= 4 is 6.09 Å². The van der Waals surface area contributed by atoms with Crippen molar-refractivity contribution in [2.24, 2.45) is 7.05 Å². The molecule has 0 saturated heterocycles. The number of aryl methyl sites for hydroxylation is 2. The van der Waals surface area contributed by atoms with Gasteiger partial charge in [-0.15, -0.1) is 0 Å². The minimum Gasteiger partial charge on any atom is -0.444 e. The lowest BCUT2D eigenvalue weighted by molar-refractivity contribution is 0.0522. The second kappa shape index (κ2) is 5.67. The molecule has 1 aromatic heterocycles. The van der Waals surface area contributed by atoms with Crippen molar-refractivity contribution in [1.29, 1.82) is 0 Å². The number of aromatic nitrogens is 2. The minimum atomic E-state index is -0.453. The van der Waals surface area contributed by atoms with Gasteiger partial charge in [-0.25, -0.2) is 4.79 Å². The van der Waals surface area contributed by atoms with Crippen LogP contribution >= 0.6 is 0 Å². The molecule has 0 radical (unpaired) electrons. The number of nitrogens with one attached hydrogen (secondary N) is 2. The van der Waals surface area contributed by atoms with Crippen LogP contribution in [0.4, 0.5) is 4.79 Å². The van der Waals surface area contributed by atoms with Crippen molar-refractivity contribution in [3.63, 3.8) is 0 Å². The van der Waals surface area contributed by atoms with Crippen LogP contribution in [0, 0.1) is 13.8 Å². The van der Waals surface area contributed by atoms with E-state index >= 15 is 0 Å². The van der Waals surface area contributed by atoms with Gasteiger partial charge >= 0.3 is 6.09 Å². The number of alkyl carbamates (subject to hydrolysis) is 1. The zero-order valence-electron chi connectivity index (χ0n) is 13.8. The molecule has 1 aromatic rings. The molecule has 118 valence electrons. The average molecular weight is 294 g/mol. The first-order valence-corrected chi connectivity index (χ1v) is 7.39. The summed E-state index contributed by atoms with van der Waals surface area (Å²) in [5.41, 5.74) is 3.02. The zero-order chi connectivity index (χ0) is 15.8. The zero-order valence-corrected chi connectivity index (χ0v) is 13.8. The second-order valence-electron chi connectivity index (χ2n) is 6.75. The van der Waals surface area contributed by atoms with Gasteiger partial charge in [0.05, 0.1) is 5.69 Å². The lowest BCUT2D eigenvalue weighted by atomic mass is 10.2. The number of ether oxygens (including phenoxy) is 1. The molecular weight excluding hydrogens is 268 g/mol. The molecule has 2 N–H and O–H groups in total. The standard InChI is InChI=1S/C15H26N4O2/c1-9-11(10(2)19(6)18-9)8-16-12-7-13(12)17-14(20)21-15(3,4)5/h12-13,16H,7-8H2,1-6H3,(H,17,20). The molecule has 0 spiro atoms. The Balaban J connectivity index is 1.76. The Hall–Kier alpha value is -1.56. The maximum Gasteiger partial charge on any atom is 0.407 e. The van der Waals surface area contributed by atoms with Crippen LogP contribution in [0.2, 0.25) is 0 Å². The van der Waals surface area contributed by atoms with E-state index in [4.69, 9.17) is 4.74 Å². The lowest BCUT2D eigenvalue weighted by Crippen LogP contribution is -2.36. The van der Waals surface area contributed by atoms with E-state index in [9.17, 15) is 4.79 Å². The summed E-state index contributed by atoms with van der Waals surface area (Å²) in [6.45, 7) is 10.5. The number of nitrogens with zero attached hydrogens (tertiary/aromatic N) is 2. The normalized spacial score (nSPS) is 21.2. The van der Waals surface area contributed by atoms with E-state index in [-0.39, 0.29) is 12.1 Å². The summed E-state index contributed by atoms with van der Waals surface area (Å²) in [5, 5.41) is 10.8. The Bertz CT molecular complexity index is 531. The third-order valence-electron chi connectivity index (χ3n) is 3.69. The van der Waals surface area contributed by atoms with Gasteiger partial charge in [0.1, 0.15) is 5.60 Å². The fourth-order valence-electron chi connectivity index (χ4n) is 2.35. The second-order valence-corrected chi connectivity index (χ2v) is 6.75. The molecule has 1 aliphatic rings. The monoisotopic (exact) mass is 294 g/mol. The summed E-state index contributed by atoms with van der Waals surface area (Å²) in [7, 11) is 1.95. The first-order valence-electron chi connectivity index (χ1n) is 7.39. The molecule has 0 aromatic carbocycles. The molecule has 0 bridgehead atoms. The first-order chi connectivity index (χ1) is 9.67. The molecule has 6 nitrogen and oxygen atoms in total. The van der Waals surface area contributed by atoms with Gasteiger partial charge in [-0.1, -0.05) is 0 Å². The number of carbonyl (C=O) groups excluding carboxylic acids is 1. The molecule has 1 heterocycles. The molecule has 0 aliphatic heterocycles. The van der Waals surface area contributed by atoms with Gasteiger partial charge in [-0.05, 0) is 41.0 Å². The highest BCUT2D eigenvalue weighted by Crippen LogP contribution is 2.23. The number of hydrogen-bond acceptors (Lipinski definition) is 4. The van der Waals surface area contributed by atoms with E-state index in [2.05, 4.69) is 22.7 Å². The van der Waals surface area contributed by atoms with E-state index in [1.54, 1.807) is 0 Å². The largest absolute Gasteiger partial charge is 0.444 e. The lowest BCUT2D eigenvalue weighted by Gasteiger charge is -2.19. The van der Waals surface area contributed by atoms with Crippen molar-refractivity contribution in [2.45, 2.75) is 65.3 Å². The van der Waals surface area contributed by atoms with Crippen LogP contribution in [-0.2, 0) is 18.3 Å². The topological polar surface area (TPSA) is 68.2 Å². The number of hydrogen-bond donors (Lipinski definition) is 2. The van der Waals surface area contributed by atoms with Crippen LogP contribution in [0.25, 0.3) is 0 Å². The molecule has 1 fully saturated rings. The SMILES string of the molecule is Cc1nn(C)c(C)c1CNC1CC1NC(=O)OC(C)(C)C. The van der Waals surface area contributed by atoms with Crippen LogP contribution in [0.3, 0.4) is 0 Å². The van der Waals surface area contributed by atoms with Crippen LogP contribution < -0.4 is 10.6 Å². The highest BCUT2D eigenvalue weighted by Gasteiger charge is 2.39. The Morgan fingerprint density at radius 2 is 2.05 bits per heavy atom. The fraction of sp³-hybridized carbons (Fsp3) is 0.733. The summed E-state index contributed by atoms with van der Waals surface area (Å²) in [6.07, 6.45) is 0.600. The van der Waals surface area contributed by atoms with Crippen molar-refractivity contribution in [1.82, 2.24) is 20.4 Å². The van der Waals surface area contributed by atoms with Gasteiger partial charge in [0.15, 0.2) is 0 Å². The number of rotatable bonds is 4. The van der Waals surface area contributed by atoms with Gasteiger partial charge in [-0.2, -0.15) is 5.10 Å². The molecule has 1 amide bonds. The van der Waals surface area contributed by atoms with Crippen molar-refractivity contribution in [2.75, 3.05) is 0 Å². The van der Waals surface area contributed by atoms with E-state index in [0.29, 0.717) is 6.04 Å². The van der Waals surface area contributed by atoms with E-state index in [1.807, 2.05) is 39.4 Å². The average Bonchev–Trinajstić information content (AvgIpc) is 2.98. The summed E-state index contributed by atoms with van der Waals surface area (Å²) >= 11 is 0. The highest BCUT2D eigenvalue weighted by atomic mass is 16.6. The van der Waals surface area contributed by atoms with E-state index < -0.39 is 5.60 Å². The van der Waals surface area contributed by atoms with Gasteiger partial charge in [0, 0.05) is 36.9 Å². The first kappa shape index (κ1) is 15.8. The van der Waals surface area contributed by atoms with Crippen molar-refractivity contribution < 1.29 is 9.53 Å². The van der Waals surface area contributed by atoms with Crippen LogP contribution in [0.15, 0.2) is 0 Å². The van der Waals surface area contributed by atoms with Gasteiger partial charge in [0.25, 0.3) is 0 Å². The minimum absolute atomic E-state index is 0.164. The Morgan fingerprint density at radius 1 is 1.38 bits per heavy atom. The molecule has 21 heavy (non-hydrogen) atoms. The van der Waals surface area contributed by atoms with Crippen LogP contribution in [0.5, 0.6) is 0 Å². The van der Waals surface area contributed by atoms with Gasteiger partial charge < -0.3 is 15.4 Å². The van der Waals surface area contributed by atoms with Crippen LogP contribution in [-0.4, -0.2) is 33.6 Å². The molecule has 1 saturated carbocycles.